The first-order valence-electron chi connectivity index (χ1n) is 8.84. The molecule has 0 unspecified atom stereocenters. The number of nitrogens with zero attached hydrogens (tertiary/aromatic N) is 1. The Morgan fingerprint density at radius 1 is 1.04 bits per heavy atom. The van der Waals surface area contributed by atoms with Gasteiger partial charge in [-0.25, -0.2) is 13.1 Å². The molecule has 2 aromatic carbocycles. The molecule has 2 rings (SSSR count). The average molecular weight is 390 g/mol. The lowest BCUT2D eigenvalue weighted by molar-refractivity contribution is -0.121. The summed E-state index contributed by atoms with van der Waals surface area (Å²) in [7, 11) is 1.93. The number of hydrogen-bond acceptors (Lipinski definition) is 4. The Morgan fingerprint density at radius 2 is 1.67 bits per heavy atom. The van der Waals surface area contributed by atoms with E-state index in [0.717, 1.165) is 11.1 Å². The van der Waals surface area contributed by atoms with Crippen molar-refractivity contribution < 1.29 is 13.2 Å². The zero-order valence-electron chi connectivity index (χ0n) is 16.0. The molecule has 6 nitrogen and oxygen atoms in total. The van der Waals surface area contributed by atoms with Gasteiger partial charge in [-0.15, -0.1) is 0 Å². The second-order valence-corrected chi connectivity index (χ2v) is 8.43. The van der Waals surface area contributed by atoms with Crippen LogP contribution >= 0.6 is 0 Å². The minimum atomic E-state index is -3.43. The largest absolute Gasteiger partial charge is 0.354 e. The van der Waals surface area contributed by atoms with Crippen molar-refractivity contribution in [2.24, 2.45) is 0 Å². The highest BCUT2D eigenvalue weighted by Crippen LogP contribution is 2.17. The zero-order valence-corrected chi connectivity index (χ0v) is 16.8. The Balaban J connectivity index is 1.87. The van der Waals surface area contributed by atoms with Gasteiger partial charge < -0.3 is 10.2 Å². The highest BCUT2D eigenvalue weighted by Gasteiger charge is 2.15. The number of carbonyl (C=O) groups is 1. The second kappa shape index (κ2) is 9.64. The number of sulfonamides is 1. The third-order valence-electron chi connectivity index (χ3n) is 4.44. The van der Waals surface area contributed by atoms with Crippen molar-refractivity contribution in [1.82, 2.24) is 14.9 Å². The van der Waals surface area contributed by atoms with Gasteiger partial charge in [-0.05, 0) is 50.8 Å². The van der Waals surface area contributed by atoms with Gasteiger partial charge in [0.25, 0.3) is 0 Å². The minimum absolute atomic E-state index is 0.0234. The fourth-order valence-electron chi connectivity index (χ4n) is 2.78. The molecule has 0 bridgehead atoms. The van der Waals surface area contributed by atoms with Gasteiger partial charge in [0.15, 0.2) is 0 Å². The minimum Gasteiger partial charge on any atom is -0.354 e. The van der Waals surface area contributed by atoms with Gasteiger partial charge in [-0.3, -0.25) is 4.79 Å². The van der Waals surface area contributed by atoms with Crippen LogP contribution in [0.15, 0.2) is 59.5 Å². The molecule has 0 saturated carbocycles. The van der Waals surface area contributed by atoms with Crippen LogP contribution in [0.2, 0.25) is 0 Å². The number of rotatable bonds is 9. The summed E-state index contributed by atoms with van der Waals surface area (Å²) in [6, 6.07) is 16.8. The van der Waals surface area contributed by atoms with E-state index < -0.39 is 10.0 Å². The number of aryl methyl sites for hydroxylation is 1. The Kier molecular flexibility index (Phi) is 7.53. The lowest BCUT2D eigenvalue weighted by Crippen LogP contribution is -2.34. The lowest BCUT2D eigenvalue weighted by atomic mass is 10.1. The van der Waals surface area contributed by atoms with Crippen LogP contribution in [0, 0.1) is 0 Å². The monoisotopic (exact) mass is 389 g/mol. The van der Waals surface area contributed by atoms with Crippen LogP contribution in [0.4, 0.5) is 0 Å². The van der Waals surface area contributed by atoms with E-state index in [1.54, 1.807) is 24.3 Å². The van der Waals surface area contributed by atoms with Gasteiger partial charge >= 0.3 is 0 Å². The molecule has 0 fully saturated rings. The summed E-state index contributed by atoms with van der Waals surface area (Å²) >= 11 is 0. The summed E-state index contributed by atoms with van der Waals surface area (Å²) in [6.45, 7) is 0.537. The van der Waals surface area contributed by atoms with Gasteiger partial charge in [0.2, 0.25) is 15.9 Å². The third kappa shape index (κ3) is 6.16. The molecular weight excluding hydrogens is 362 g/mol. The molecular formula is C20H27N3O3S. The Morgan fingerprint density at radius 3 is 2.22 bits per heavy atom. The van der Waals surface area contributed by atoms with E-state index in [1.807, 2.05) is 32.3 Å². The van der Waals surface area contributed by atoms with Crippen LogP contribution < -0.4 is 10.0 Å². The van der Waals surface area contributed by atoms with Crippen LogP contribution in [0.1, 0.15) is 23.6 Å². The molecule has 0 aliphatic carbocycles. The molecule has 1 atom stereocenters. The molecule has 27 heavy (non-hydrogen) atoms. The van der Waals surface area contributed by atoms with Crippen molar-refractivity contribution in [1.29, 1.82) is 0 Å². The molecule has 1 amide bonds. The van der Waals surface area contributed by atoms with Crippen LogP contribution in [-0.4, -0.2) is 46.9 Å². The summed E-state index contributed by atoms with van der Waals surface area (Å²) in [5, 5.41) is 2.99. The number of benzene rings is 2. The Bertz CT molecular complexity index is 835. The number of amides is 1. The van der Waals surface area contributed by atoms with Crippen LogP contribution in [0.5, 0.6) is 0 Å². The second-order valence-electron chi connectivity index (χ2n) is 6.55. The maximum Gasteiger partial charge on any atom is 0.240 e. The van der Waals surface area contributed by atoms with E-state index in [0.29, 0.717) is 19.4 Å². The molecule has 0 aromatic heterocycles. The fraction of sp³-hybridized carbons (Fsp3) is 0.350. The van der Waals surface area contributed by atoms with E-state index >= 15 is 0 Å². The van der Waals surface area contributed by atoms with Crippen LogP contribution in [-0.2, 0) is 21.2 Å². The van der Waals surface area contributed by atoms with Gasteiger partial charge in [0, 0.05) is 13.0 Å². The molecule has 0 aliphatic heterocycles. The Hall–Kier alpha value is -2.22. The lowest BCUT2D eigenvalue weighted by Gasteiger charge is -2.25. The number of carbonyl (C=O) groups excluding carboxylic acids is 1. The predicted octanol–water partition coefficient (Wildman–Crippen LogP) is 1.95. The molecule has 0 heterocycles. The van der Waals surface area contributed by atoms with Crippen molar-refractivity contribution >= 4 is 15.9 Å². The molecule has 2 aromatic rings. The van der Waals surface area contributed by atoms with Crippen molar-refractivity contribution in [2.75, 3.05) is 27.7 Å². The van der Waals surface area contributed by atoms with E-state index in [2.05, 4.69) is 27.1 Å². The first kappa shape index (κ1) is 21.1. The molecule has 0 spiro atoms. The van der Waals surface area contributed by atoms with Crippen LogP contribution in [0.25, 0.3) is 0 Å². The standard InChI is InChI=1S/C20H27N3O3S/c1-21-27(25,26)18-12-9-16(10-13-18)11-14-20(24)22-15-19(23(2)3)17-7-5-4-6-8-17/h4-10,12-13,19,21H,11,14-15H2,1-3H3,(H,22,24)/t19-/m1/s1. The summed E-state index contributed by atoms with van der Waals surface area (Å²) in [4.78, 5) is 14.5. The molecule has 146 valence electrons. The normalized spacial score (nSPS) is 12.7. The SMILES string of the molecule is CNS(=O)(=O)c1ccc(CCC(=O)NC[C@H](c2ccccc2)N(C)C)cc1. The topological polar surface area (TPSA) is 78.5 Å². The molecule has 7 heteroatoms. The highest BCUT2D eigenvalue weighted by molar-refractivity contribution is 7.89. The third-order valence-corrected chi connectivity index (χ3v) is 5.87. The van der Waals surface area contributed by atoms with E-state index in [-0.39, 0.29) is 16.8 Å². The highest BCUT2D eigenvalue weighted by atomic mass is 32.2. The summed E-state index contributed by atoms with van der Waals surface area (Å²) < 4.78 is 25.7. The molecule has 0 saturated heterocycles. The van der Waals surface area contributed by atoms with Crippen molar-refractivity contribution in [3.8, 4) is 0 Å². The first-order valence-corrected chi connectivity index (χ1v) is 10.3. The maximum atomic E-state index is 12.2. The fourth-order valence-corrected chi connectivity index (χ4v) is 3.51. The first-order chi connectivity index (χ1) is 12.8. The van der Waals surface area contributed by atoms with E-state index in [4.69, 9.17) is 0 Å². The summed E-state index contributed by atoms with van der Waals surface area (Å²) in [6.07, 6.45) is 0.913. The molecule has 2 N–H and O–H groups in total. The smallest absolute Gasteiger partial charge is 0.240 e. The van der Waals surface area contributed by atoms with Gasteiger partial charge in [0.05, 0.1) is 10.9 Å². The maximum absolute atomic E-state index is 12.2. The van der Waals surface area contributed by atoms with E-state index in [9.17, 15) is 13.2 Å². The number of nitrogens with one attached hydrogen (secondary N) is 2. The summed E-state index contributed by atoms with van der Waals surface area (Å²) in [5.41, 5.74) is 2.08. The van der Waals surface area contributed by atoms with Gasteiger partial charge in [-0.2, -0.15) is 0 Å². The quantitative estimate of drug-likeness (QED) is 0.687. The van der Waals surface area contributed by atoms with Crippen molar-refractivity contribution in [3.05, 3.63) is 65.7 Å². The van der Waals surface area contributed by atoms with Crippen molar-refractivity contribution in [2.45, 2.75) is 23.8 Å². The van der Waals surface area contributed by atoms with Gasteiger partial charge in [0.1, 0.15) is 0 Å². The average Bonchev–Trinajstić information content (AvgIpc) is 2.67. The zero-order chi connectivity index (χ0) is 19.9. The van der Waals surface area contributed by atoms with Crippen molar-refractivity contribution in [3.63, 3.8) is 0 Å². The van der Waals surface area contributed by atoms with Gasteiger partial charge in [-0.1, -0.05) is 42.5 Å². The van der Waals surface area contributed by atoms with E-state index in [1.165, 1.54) is 7.05 Å². The molecule has 0 aliphatic rings. The van der Waals surface area contributed by atoms with Crippen LogP contribution in [0.3, 0.4) is 0 Å². The predicted molar refractivity (Wildman–Crippen MR) is 107 cm³/mol. The number of hydrogen-bond donors (Lipinski definition) is 2. The molecule has 0 radical (unpaired) electrons. The Labute approximate surface area is 161 Å². The summed E-state index contributed by atoms with van der Waals surface area (Å²) in [5.74, 6) is -0.0234. The number of likely N-dealkylation sites (N-methyl/N-ethyl adjacent to an activating group) is 1.